The zero-order valence-corrected chi connectivity index (χ0v) is 23.3. The second-order valence-electron chi connectivity index (χ2n) is 9.81. The third kappa shape index (κ3) is 5.41. The molecule has 0 saturated carbocycles. The summed E-state index contributed by atoms with van der Waals surface area (Å²) in [7, 11) is 0. The Hall–Kier alpha value is -3.38. The zero-order chi connectivity index (χ0) is 28.2. The van der Waals surface area contributed by atoms with Gasteiger partial charge in [0.1, 0.15) is 17.1 Å². The fourth-order valence-electron chi connectivity index (χ4n) is 5.02. The number of hydrogen-bond acceptors (Lipinski definition) is 4. The van der Waals surface area contributed by atoms with E-state index in [2.05, 4.69) is 18.5 Å². The molecule has 1 saturated heterocycles. The largest absolute Gasteiger partial charge is 0.507 e. The molecular weight excluding hydrogens is 503 g/mol. The fraction of sp³-hybridized carbons (Fsp3) is 0.355. The van der Waals surface area contributed by atoms with Gasteiger partial charge in [-0.05, 0) is 61.6 Å². The van der Waals surface area contributed by atoms with Crippen molar-refractivity contribution in [3.8, 4) is 16.9 Å². The van der Waals surface area contributed by atoms with Crippen molar-refractivity contribution in [2.24, 2.45) is 0 Å². The van der Waals surface area contributed by atoms with Gasteiger partial charge in [0.15, 0.2) is 5.78 Å². The first-order valence-electron chi connectivity index (χ1n) is 12.9. The van der Waals surface area contributed by atoms with E-state index in [0.29, 0.717) is 47.2 Å². The van der Waals surface area contributed by atoms with Gasteiger partial charge in [-0.3, -0.25) is 9.59 Å². The van der Waals surface area contributed by atoms with E-state index in [4.69, 9.17) is 11.6 Å². The lowest BCUT2D eigenvalue weighted by atomic mass is 9.83. The molecule has 0 atom stereocenters. The van der Waals surface area contributed by atoms with Crippen molar-refractivity contribution in [3.05, 3.63) is 82.7 Å². The van der Waals surface area contributed by atoms with Gasteiger partial charge in [0.2, 0.25) is 5.91 Å². The lowest BCUT2D eigenvalue weighted by Crippen LogP contribution is -2.73. The number of carbonyl (C=O) groups is 2. The average Bonchev–Trinajstić information content (AvgIpc) is 2.85. The molecule has 0 aliphatic carbocycles. The number of rotatable bonds is 11. The van der Waals surface area contributed by atoms with Crippen LogP contribution in [-0.4, -0.2) is 40.3 Å². The number of likely N-dealkylation sites (tertiary alicyclic amines) is 1. The molecule has 2 aromatic carbocycles. The summed E-state index contributed by atoms with van der Waals surface area (Å²) >= 11 is 6.76. The van der Waals surface area contributed by atoms with Gasteiger partial charge in [-0.2, -0.15) is 0 Å². The highest BCUT2D eigenvalue weighted by molar-refractivity contribution is 6.33. The van der Waals surface area contributed by atoms with E-state index < -0.39 is 11.4 Å². The van der Waals surface area contributed by atoms with Crippen LogP contribution in [0.2, 0.25) is 5.02 Å². The number of Topliss-reactive ketones (excluding diaryl/α,β-unsaturated/α-hetero) is 1. The number of phenolic OH excluding ortho intramolecular Hbond substituents is 1. The number of allylic oxidation sites excluding steroid dienone is 2. The lowest BCUT2D eigenvalue weighted by molar-refractivity contribution is -0.140. The molecule has 2 N–H and O–H groups in total. The van der Waals surface area contributed by atoms with Crippen molar-refractivity contribution in [2.45, 2.75) is 58.9 Å². The monoisotopic (exact) mass is 538 g/mol. The molecule has 38 heavy (non-hydrogen) atoms. The number of hydrogen-bond donors (Lipinski definition) is 2. The molecule has 1 fully saturated rings. The third-order valence-electron chi connectivity index (χ3n) is 7.12. The molecule has 7 heteroatoms. The summed E-state index contributed by atoms with van der Waals surface area (Å²) in [6.07, 6.45) is 5.45. The third-order valence-corrected chi connectivity index (χ3v) is 7.42. The van der Waals surface area contributed by atoms with Gasteiger partial charge >= 0.3 is 0 Å². The first-order valence-corrected chi connectivity index (χ1v) is 13.3. The smallest absolute Gasteiger partial charge is 0.246 e. The molecule has 5 nitrogen and oxygen atoms in total. The number of amides is 1. The summed E-state index contributed by atoms with van der Waals surface area (Å²) in [5.41, 5.74) is 2.55. The molecule has 0 spiro atoms. The Morgan fingerprint density at radius 2 is 1.87 bits per heavy atom. The van der Waals surface area contributed by atoms with Gasteiger partial charge in [0.05, 0.1) is 18.1 Å². The quantitative estimate of drug-likeness (QED) is 0.245. The number of halogens is 2. The second kappa shape index (κ2) is 12.0. The Morgan fingerprint density at radius 3 is 2.39 bits per heavy atom. The maximum absolute atomic E-state index is 16.4. The van der Waals surface area contributed by atoms with Gasteiger partial charge in [0.25, 0.3) is 0 Å². The van der Waals surface area contributed by atoms with E-state index in [9.17, 15) is 14.7 Å². The predicted molar refractivity (Wildman–Crippen MR) is 153 cm³/mol. The molecule has 3 rings (SSSR count). The number of nitrogens with one attached hydrogen (secondary N) is 1. The minimum atomic E-state index is -1.03. The lowest BCUT2D eigenvalue weighted by Gasteiger charge is -2.49. The average molecular weight is 539 g/mol. The molecular formula is C31H36ClFN2O3. The van der Waals surface area contributed by atoms with Crippen LogP contribution >= 0.6 is 11.6 Å². The normalized spacial score (nSPS) is 14.8. The van der Waals surface area contributed by atoms with E-state index in [1.165, 1.54) is 24.0 Å². The Bertz CT molecular complexity index is 1290. The summed E-state index contributed by atoms with van der Waals surface area (Å²) in [6, 6.07) is 6.72. The Balaban J connectivity index is 2.27. The van der Waals surface area contributed by atoms with Crippen LogP contribution in [0.3, 0.4) is 0 Å². The summed E-state index contributed by atoms with van der Waals surface area (Å²) in [5, 5.41) is 14.2. The van der Waals surface area contributed by atoms with Crippen molar-refractivity contribution in [1.29, 1.82) is 0 Å². The number of phenols is 1. The molecule has 1 heterocycles. The standard InChI is InChI=1S/C31H36ClFN2O3/c1-7-12-21(9-3)30(34-31(20(6)36)17-35(18-31)26(38)10-4)23-16-24(32)28(29(33)22(23)13-8-2)27-19(5)14-11-15-25(27)37/h9-11,14-16,34,37H,3-4,7-8,12-13,17-18H2,1-2,5-6H3/b30-21-. The van der Waals surface area contributed by atoms with E-state index in [-0.39, 0.29) is 41.1 Å². The minimum Gasteiger partial charge on any atom is -0.507 e. The van der Waals surface area contributed by atoms with Crippen molar-refractivity contribution in [3.63, 3.8) is 0 Å². The maximum atomic E-state index is 16.4. The Labute approximate surface area is 229 Å². The van der Waals surface area contributed by atoms with E-state index >= 15 is 4.39 Å². The van der Waals surface area contributed by atoms with Crippen molar-refractivity contribution in [1.82, 2.24) is 10.2 Å². The van der Waals surface area contributed by atoms with Gasteiger partial charge in [0, 0.05) is 22.4 Å². The summed E-state index contributed by atoms with van der Waals surface area (Å²) in [6.45, 7) is 15.1. The highest BCUT2D eigenvalue weighted by Gasteiger charge is 2.49. The van der Waals surface area contributed by atoms with E-state index in [1.54, 1.807) is 31.2 Å². The zero-order valence-electron chi connectivity index (χ0n) is 22.6. The van der Waals surface area contributed by atoms with E-state index in [0.717, 1.165) is 12.0 Å². The summed E-state index contributed by atoms with van der Waals surface area (Å²) in [5.74, 6) is -0.945. The molecule has 0 radical (unpaired) electrons. The molecule has 1 amide bonds. The number of benzene rings is 2. The second-order valence-corrected chi connectivity index (χ2v) is 10.2. The van der Waals surface area contributed by atoms with Crippen LogP contribution in [0.4, 0.5) is 4.39 Å². The fourth-order valence-corrected chi connectivity index (χ4v) is 5.31. The highest BCUT2D eigenvalue weighted by atomic mass is 35.5. The molecule has 2 aromatic rings. The molecule has 0 unspecified atom stereocenters. The summed E-state index contributed by atoms with van der Waals surface area (Å²) in [4.78, 5) is 26.6. The van der Waals surface area contributed by atoms with Crippen LogP contribution in [0.1, 0.15) is 56.7 Å². The van der Waals surface area contributed by atoms with Crippen molar-refractivity contribution in [2.75, 3.05) is 13.1 Å². The molecule has 202 valence electrons. The molecule has 0 aromatic heterocycles. The highest BCUT2D eigenvalue weighted by Crippen LogP contribution is 2.43. The van der Waals surface area contributed by atoms with Crippen LogP contribution < -0.4 is 5.32 Å². The Morgan fingerprint density at radius 1 is 1.18 bits per heavy atom. The minimum absolute atomic E-state index is 0.0513. The summed E-state index contributed by atoms with van der Waals surface area (Å²) < 4.78 is 16.4. The van der Waals surface area contributed by atoms with Crippen LogP contribution in [0.5, 0.6) is 5.75 Å². The molecule has 1 aliphatic heterocycles. The number of aryl methyl sites for hydroxylation is 1. The van der Waals surface area contributed by atoms with Gasteiger partial charge in [-0.1, -0.05) is 69.7 Å². The molecule has 1 aliphatic rings. The first kappa shape index (κ1) is 29.2. The van der Waals surface area contributed by atoms with Crippen LogP contribution in [0.25, 0.3) is 16.8 Å². The van der Waals surface area contributed by atoms with Gasteiger partial charge in [-0.15, -0.1) is 0 Å². The van der Waals surface area contributed by atoms with Crippen molar-refractivity contribution < 1.29 is 19.1 Å². The SMILES string of the molecule is C=CC(=O)N1CC(N/C(=C(/C=C)CCC)c2cc(Cl)c(-c3c(C)cccc3O)c(F)c2CCC)(C(C)=O)C1. The maximum Gasteiger partial charge on any atom is 0.246 e. The predicted octanol–water partition coefficient (Wildman–Crippen LogP) is 6.76. The van der Waals surface area contributed by atoms with Gasteiger partial charge < -0.3 is 15.3 Å². The first-order chi connectivity index (χ1) is 18.0. The van der Waals surface area contributed by atoms with E-state index in [1.807, 2.05) is 13.8 Å². The van der Waals surface area contributed by atoms with Crippen molar-refractivity contribution >= 4 is 29.0 Å². The van der Waals surface area contributed by atoms with Gasteiger partial charge in [-0.25, -0.2) is 4.39 Å². The van der Waals surface area contributed by atoms with Crippen LogP contribution in [0, 0.1) is 12.7 Å². The number of aromatic hydroxyl groups is 1. The van der Waals surface area contributed by atoms with Crippen LogP contribution in [0.15, 0.2) is 55.1 Å². The number of nitrogens with zero attached hydrogens (tertiary/aromatic N) is 1. The molecule has 0 bridgehead atoms. The topological polar surface area (TPSA) is 69.6 Å². The number of ketones is 1. The Kier molecular flexibility index (Phi) is 9.21. The van der Waals surface area contributed by atoms with Crippen LogP contribution in [-0.2, 0) is 16.0 Å². The number of carbonyl (C=O) groups excluding carboxylic acids is 2.